The van der Waals surface area contributed by atoms with Gasteiger partial charge in [0.2, 0.25) is 0 Å². The van der Waals surface area contributed by atoms with E-state index in [2.05, 4.69) is 4.98 Å². The molecule has 5 rings (SSSR count). The molecule has 1 atom stereocenters. The van der Waals surface area contributed by atoms with Crippen LogP contribution in [0.5, 0.6) is 17.2 Å². The molecule has 1 aliphatic rings. The number of carbonyl (C=O) groups is 2. The molecular weight excluding hydrogens is 528 g/mol. The molecule has 0 unspecified atom stereocenters. The highest BCUT2D eigenvalue weighted by Crippen LogP contribution is 2.48. The summed E-state index contributed by atoms with van der Waals surface area (Å²) in [6.07, 6.45) is 0. The van der Waals surface area contributed by atoms with Gasteiger partial charge in [-0.1, -0.05) is 35.1 Å². The molecule has 1 aliphatic heterocycles. The molecule has 1 saturated heterocycles. The first-order valence-corrected chi connectivity index (χ1v) is 12.9. The van der Waals surface area contributed by atoms with E-state index in [1.807, 2.05) is 13.0 Å². The van der Waals surface area contributed by atoms with Gasteiger partial charge >= 0.3 is 5.91 Å². The standard InChI is InChI=1S/C28H23ClN2O6S/c1-4-37-17-12-13-19-21(14-17)38-28(30-19)31-23(18-6-5-7-20(35-2)26(18)36-3)22(25(33)27(31)34)24(32)15-8-10-16(29)11-9-15/h5-14,23,32H,4H2,1-3H3/b24-22+/t23-/m1/s1. The predicted octanol–water partition coefficient (Wildman–Crippen LogP) is 5.99. The molecule has 0 saturated carbocycles. The highest BCUT2D eigenvalue weighted by atomic mass is 35.5. The fourth-order valence-electron chi connectivity index (χ4n) is 4.47. The maximum atomic E-state index is 13.6. The first-order chi connectivity index (χ1) is 18.4. The van der Waals surface area contributed by atoms with E-state index < -0.39 is 17.7 Å². The molecule has 0 spiro atoms. The summed E-state index contributed by atoms with van der Waals surface area (Å²) in [5.41, 5.74) is 1.34. The topological polar surface area (TPSA) is 98.2 Å². The Kier molecular flexibility index (Phi) is 6.96. The highest BCUT2D eigenvalue weighted by molar-refractivity contribution is 7.22. The lowest BCUT2D eigenvalue weighted by atomic mass is 9.94. The summed E-state index contributed by atoms with van der Waals surface area (Å²) in [6, 6.07) is 15.9. The van der Waals surface area contributed by atoms with Crippen LogP contribution in [-0.2, 0) is 9.59 Å². The first-order valence-electron chi connectivity index (χ1n) is 11.7. The Bertz CT molecular complexity index is 1580. The number of aliphatic hydroxyl groups is 1. The van der Waals surface area contributed by atoms with Crippen LogP contribution in [0.4, 0.5) is 5.13 Å². The number of amides is 1. The molecule has 0 radical (unpaired) electrons. The molecule has 194 valence electrons. The minimum atomic E-state index is -1.04. The third kappa shape index (κ3) is 4.33. The number of benzene rings is 3. The molecule has 0 aliphatic carbocycles. The first kappa shape index (κ1) is 25.6. The number of rotatable bonds is 7. The zero-order valence-corrected chi connectivity index (χ0v) is 22.3. The van der Waals surface area contributed by atoms with E-state index >= 15 is 0 Å². The van der Waals surface area contributed by atoms with Crippen molar-refractivity contribution in [2.24, 2.45) is 0 Å². The Morgan fingerprint density at radius 3 is 2.53 bits per heavy atom. The number of Topliss-reactive ketones (excluding diaryl/α,β-unsaturated/α-hetero) is 1. The molecule has 1 fully saturated rings. The molecule has 2 heterocycles. The van der Waals surface area contributed by atoms with Crippen molar-refractivity contribution in [3.63, 3.8) is 0 Å². The van der Waals surface area contributed by atoms with Crippen molar-refractivity contribution in [1.82, 2.24) is 4.98 Å². The maximum Gasteiger partial charge on any atom is 0.301 e. The molecule has 0 bridgehead atoms. The van der Waals surface area contributed by atoms with Crippen LogP contribution < -0.4 is 19.1 Å². The monoisotopic (exact) mass is 550 g/mol. The van der Waals surface area contributed by atoms with Gasteiger partial charge in [0.15, 0.2) is 16.6 Å². The Balaban J connectivity index is 1.75. The van der Waals surface area contributed by atoms with Crippen LogP contribution in [0.1, 0.15) is 24.1 Å². The van der Waals surface area contributed by atoms with Crippen molar-refractivity contribution in [3.05, 3.63) is 82.4 Å². The summed E-state index contributed by atoms with van der Waals surface area (Å²) in [5, 5.41) is 12.1. The van der Waals surface area contributed by atoms with Crippen molar-refractivity contribution in [3.8, 4) is 17.2 Å². The van der Waals surface area contributed by atoms with Gasteiger partial charge in [-0.3, -0.25) is 14.5 Å². The predicted molar refractivity (Wildman–Crippen MR) is 147 cm³/mol. The summed E-state index contributed by atoms with van der Waals surface area (Å²) >= 11 is 7.27. The zero-order valence-electron chi connectivity index (χ0n) is 20.7. The van der Waals surface area contributed by atoms with Crippen LogP contribution in [0.3, 0.4) is 0 Å². The van der Waals surface area contributed by atoms with E-state index in [1.54, 1.807) is 54.6 Å². The van der Waals surface area contributed by atoms with Crippen LogP contribution in [0.25, 0.3) is 16.0 Å². The van der Waals surface area contributed by atoms with Gasteiger partial charge in [-0.15, -0.1) is 0 Å². The second-order valence-electron chi connectivity index (χ2n) is 8.32. The second kappa shape index (κ2) is 10.4. The van der Waals surface area contributed by atoms with Gasteiger partial charge in [-0.2, -0.15) is 0 Å². The van der Waals surface area contributed by atoms with Crippen LogP contribution >= 0.6 is 22.9 Å². The fourth-order valence-corrected chi connectivity index (χ4v) is 5.61. The van der Waals surface area contributed by atoms with Gasteiger partial charge < -0.3 is 19.3 Å². The summed E-state index contributed by atoms with van der Waals surface area (Å²) in [7, 11) is 2.97. The molecule has 38 heavy (non-hydrogen) atoms. The number of anilines is 1. The highest BCUT2D eigenvalue weighted by Gasteiger charge is 2.49. The van der Waals surface area contributed by atoms with Gasteiger partial charge in [0.05, 0.1) is 36.6 Å². The fraction of sp³-hybridized carbons (Fsp3) is 0.179. The van der Waals surface area contributed by atoms with Crippen molar-refractivity contribution in [2.45, 2.75) is 13.0 Å². The summed E-state index contributed by atoms with van der Waals surface area (Å²) in [4.78, 5) is 33.0. The van der Waals surface area contributed by atoms with Gasteiger partial charge in [-0.05, 0) is 55.5 Å². The van der Waals surface area contributed by atoms with E-state index in [9.17, 15) is 14.7 Å². The number of methoxy groups -OCH3 is 2. The average molecular weight is 551 g/mol. The Morgan fingerprint density at radius 1 is 1.08 bits per heavy atom. The SMILES string of the molecule is CCOc1ccc2nc(N3C(=O)C(=O)/C(=C(/O)c4ccc(Cl)cc4)[C@H]3c3cccc(OC)c3OC)sc2c1. The van der Waals surface area contributed by atoms with Crippen molar-refractivity contribution in [2.75, 3.05) is 25.7 Å². The number of fused-ring (bicyclic) bond motifs is 1. The van der Waals surface area contributed by atoms with Gasteiger partial charge in [0, 0.05) is 16.1 Å². The van der Waals surface area contributed by atoms with Crippen molar-refractivity contribution >= 4 is 55.7 Å². The summed E-state index contributed by atoms with van der Waals surface area (Å²) in [6.45, 7) is 2.40. The third-order valence-electron chi connectivity index (χ3n) is 6.16. The minimum absolute atomic E-state index is 0.0989. The number of hydrogen-bond donors (Lipinski definition) is 1. The molecule has 1 amide bonds. The van der Waals surface area contributed by atoms with Crippen LogP contribution in [-0.4, -0.2) is 42.6 Å². The minimum Gasteiger partial charge on any atom is -0.507 e. The Labute approximate surface area is 227 Å². The Hall–Kier alpha value is -4.08. The van der Waals surface area contributed by atoms with Crippen LogP contribution in [0.2, 0.25) is 5.02 Å². The van der Waals surface area contributed by atoms with Gasteiger partial charge in [-0.25, -0.2) is 4.98 Å². The van der Waals surface area contributed by atoms with E-state index in [4.69, 9.17) is 25.8 Å². The molecule has 10 heteroatoms. The maximum absolute atomic E-state index is 13.6. The smallest absolute Gasteiger partial charge is 0.301 e. The lowest BCUT2D eigenvalue weighted by molar-refractivity contribution is -0.132. The molecule has 1 aromatic heterocycles. The van der Waals surface area contributed by atoms with Crippen LogP contribution in [0.15, 0.2) is 66.2 Å². The number of halogens is 1. The second-order valence-corrected chi connectivity index (χ2v) is 9.76. The van der Waals surface area contributed by atoms with E-state index in [0.29, 0.717) is 50.7 Å². The molecule has 3 aromatic carbocycles. The number of para-hydroxylation sites is 1. The van der Waals surface area contributed by atoms with E-state index in [1.165, 1.54) is 30.5 Å². The molecular formula is C28H23ClN2O6S. The molecule has 1 N–H and O–H groups in total. The Morgan fingerprint density at radius 2 is 1.84 bits per heavy atom. The van der Waals surface area contributed by atoms with E-state index in [0.717, 1.165) is 4.70 Å². The quantitative estimate of drug-likeness (QED) is 0.171. The van der Waals surface area contributed by atoms with E-state index in [-0.39, 0.29) is 11.3 Å². The summed E-state index contributed by atoms with van der Waals surface area (Å²) in [5.74, 6) is -0.592. The van der Waals surface area contributed by atoms with Crippen molar-refractivity contribution in [1.29, 1.82) is 0 Å². The molecule has 8 nitrogen and oxygen atoms in total. The summed E-state index contributed by atoms with van der Waals surface area (Å²) < 4.78 is 17.5. The largest absolute Gasteiger partial charge is 0.507 e. The number of aromatic nitrogens is 1. The van der Waals surface area contributed by atoms with Crippen LogP contribution in [0, 0.1) is 0 Å². The lowest BCUT2D eigenvalue weighted by Crippen LogP contribution is -2.29. The lowest BCUT2D eigenvalue weighted by Gasteiger charge is -2.25. The molecule has 4 aromatic rings. The van der Waals surface area contributed by atoms with Gasteiger partial charge in [0.1, 0.15) is 17.6 Å². The number of ether oxygens (including phenoxy) is 3. The number of thiazole rings is 1. The van der Waals surface area contributed by atoms with Crippen molar-refractivity contribution < 1.29 is 28.9 Å². The number of carbonyl (C=O) groups excluding carboxylic acids is 2. The zero-order chi connectivity index (χ0) is 27.0. The van der Waals surface area contributed by atoms with Gasteiger partial charge in [0.25, 0.3) is 5.78 Å². The number of aliphatic hydroxyl groups excluding tert-OH is 1. The number of ketones is 1. The number of hydrogen-bond acceptors (Lipinski definition) is 8. The normalized spacial score (nSPS) is 16.7. The average Bonchev–Trinajstić information content (AvgIpc) is 3.45. The number of nitrogens with zero attached hydrogens (tertiary/aromatic N) is 2. The third-order valence-corrected chi connectivity index (χ3v) is 7.43.